The van der Waals surface area contributed by atoms with E-state index in [1.807, 2.05) is 19.0 Å². The SMILES string of the molecule is CN(C)c1ccc(C(=O)NCCS(C)(=O)=O)cc1N. The van der Waals surface area contributed by atoms with Crippen LogP contribution in [-0.4, -0.2) is 47.0 Å². The Morgan fingerprint density at radius 3 is 2.47 bits per heavy atom. The third-order valence-corrected chi connectivity index (χ3v) is 3.48. The second-order valence-corrected chi connectivity index (χ2v) is 6.81. The molecule has 0 aliphatic heterocycles. The molecule has 0 aliphatic rings. The van der Waals surface area contributed by atoms with Gasteiger partial charge in [0.25, 0.3) is 5.91 Å². The lowest BCUT2D eigenvalue weighted by molar-refractivity contribution is 0.0956. The molecule has 0 bridgehead atoms. The molecule has 0 spiro atoms. The van der Waals surface area contributed by atoms with Crippen LogP contribution >= 0.6 is 0 Å². The van der Waals surface area contributed by atoms with E-state index in [4.69, 9.17) is 5.73 Å². The molecule has 0 aliphatic carbocycles. The van der Waals surface area contributed by atoms with Crippen molar-refractivity contribution in [3.63, 3.8) is 0 Å². The second kappa shape index (κ2) is 5.92. The number of carbonyl (C=O) groups excluding carboxylic acids is 1. The average Bonchev–Trinajstić information content (AvgIpc) is 2.26. The van der Waals surface area contributed by atoms with Gasteiger partial charge in [0.15, 0.2) is 0 Å². The molecule has 1 aromatic carbocycles. The average molecular weight is 285 g/mol. The summed E-state index contributed by atoms with van der Waals surface area (Å²) in [5, 5.41) is 2.54. The smallest absolute Gasteiger partial charge is 0.251 e. The predicted octanol–water partition coefficient (Wildman–Crippen LogP) is 0.109. The van der Waals surface area contributed by atoms with Gasteiger partial charge < -0.3 is 16.0 Å². The zero-order valence-corrected chi connectivity index (χ0v) is 12.1. The van der Waals surface area contributed by atoms with Crippen molar-refractivity contribution in [1.29, 1.82) is 0 Å². The van der Waals surface area contributed by atoms with Crippen LogP contribution in [0, 0.1) is 0 Å². The normalized spacial score (nSPS) is 11.1. The maximum absolute atomic E-state index is 11.8. The van der Waals surface area contributed by atoms with E-state index in [-0.39, 0.29) is 18.2 Å². The first kappa shape index (κ1) is 15.3. The summed E-state index contributed by atoms with van der Waals surface area (Å²) in [6, 6.07) is 4.98. The van der Waals surface area contributed by atoms with Gasteiger partial charge in [-0.2, -0.15) is 0 Å². The highest BCUT2D eigenvalue weighted by Crippen LogP contribution is 2.22. The Morgan fingerprint density at radius 1 is 1.37 bits per heavy atom. The summed E-state index contributed by atoms with van der Waals surface area (Å²) < 4.78 is 21.9. The van der Waals surface area contributed by atoms with Crippen molar-refractivity contribution >= 4 is 27.1 Å². The van der Waals surface area contributed by atoms with Crippen molar-refractivity contribution in [2.24, 2.45) is 0 Å². The van der Waals surface area contributed by atoms with Crippen molar-refractivity contribution < 1.29 is 13.2 Å². The van der Waals surface area contributed by atoms with Crippen LogP contribution in [0.1, 0.15) is 10.4 Å². The number of nitrogens with two attached hydrogens (primary N) is 1. The van der Waals surface area contributed by atoms with Crippen molar-refractivity contribution in [3.8, 4) is 0 Å². The lowest BCUT2D eigenvalue weighted by Crippen LogP contribution is -2.28. The number of rotatable bonds is 5. The standard InChI is InChI=1S/C12H19N3O3S/c1-15(2)11-5-4-9(8-10(11)13)12(16)14-6-7-19(3,17)18/h4-5,8H,6-7,13H2,1-3H3,(H,14,16). The van der Waals surface area contributed by atoms with E-state index in [1.165, 1.54) is 0 Å². The lowest BCUT2D eigenvalue weighted by Gasteiger charge is -2.15. The van der Waals surface area contributed by atoms with Gasteiger partial charge in [-0.05, 0) is 18.2 Å². The van der Waals surface area contributed by atoms with Crippen LogP contribution in [0.25, 0.3) is 0 Å². The summed E-state index contributed by atoms with van der Waals surface area (Å²) in [7, 11) is 0.643. The van der Waals surface area contributed by atoms with Crippen LogP contribution in [0.4, 0.5) is 11.4 Å². The Hall–Kier alpha value is -1.76. The molecule has 1 amide bonds. The molecule has 0 radical (unpaired) electrons. The highest BCUT2D eigenvalue weighted by Gasteiger charge is 2.10. The molecule has 6 nitrogen and oxygen atoms in total. The molecular formula is C12H19N3O3S. The lowest BCUT2D eigenvalue weighted by atomic mass is 10.1. The Labute approximate surface area is 113 Å². The van der Waals surface area contributed by atoms with E-state index >= 15 is 0 Å². The molecule has 19 heavy (non-hydrogen) atoms. The monoisotopic (exact) mass is 285 g/mol. The first-order chi connectivity index (χ1) is 8.70. The van der Waals surface area contributed by atoms with Crippen LogP contribution in [0.2, 0.25) is 0 Å². The Kier molecular flexibility index (Phi) is 4.77. The topological polar surface area (TPSA) is 92.5 Å². The van der Waals surface area contributed by atoms with Gasteiger partial charge in [0.2, 0.25) is 0 Å². The zero-order valence-electron chi connectivity index (χ0n) is 11.3. The fourth-order valence-electron chi connectivity index (χ4n) is 1.56. The molecule has 0 fully saturated rings. The number of sulfone groups is 1. The zero-order chi connectivity index (χ0) is 14.6. The molecule has 106 valence electrons. The van der Waals surface area contributed by atoms with Gasteiger partial charge in [0.1, 0.15) is 9.84 Å². The van der Waals surface area contributed by atoms with Gasteiger partial charge in [-0.3, -0.25) is 4.79 Å². The minimum Gasteiger partial charge on any atom is -0.397 e. The van der Waals surface area contributed by atoms with Crippen molar-refractivity contribution in [2.45, 2.75) is 0 Å². The molecule has 0 heterocycles. The second-order valence-electron chi connectivity index (χ2n) is 4.55. The van der Waals surface area contributed by atoms with E-state index in [2.05, 4.69) is 5.32 Å². The molecule has 0 unspecified atom stereocenters. The largest absolute Gasteiger partial charge is 0.397 e. The molecule has 0 aromatic heterocycles. The van der Waals surface area contributed by atoms with Crippen LogP contribution in [0.15, 0.2) is 18.2 Å². The van der Waals surface area contributed by atoms with Crippen molar-refractivity contribution in [3.05, 3.63) is 23.8 Å². The van der Waals surface area contributed by atoms with Gasteiger partial charge in [-0.25, -0.2) is 8.42 Å². The molecule has 0 atom stereocenters. The van der Waals surface area contributed by atoms with Crippen LogP contribution in [0.3, 0.4) is 0 Å². The summed E-state index contributed by atoms with van der Waals surface area (Å²) >= 11 is 0. The number of nitrogens with zero attached hydrogens (tertiary/aromatic N) is 1. The van der Waals surface area contributed by atoms with Gasteiger partial charge in [0.05, 0.1) is 17.1 Å². The third-order valence-electron chi connectivity index (χ3n) is 2.53. The van der Waals surface area contributed by atoms with E-state index in [1.54, 1.807) is 18.2 Å². The maximum Gasteiger partial charge on any atom is 0.251 e. The van der Waals surface area contributed by atoms with Gasteiger partial charge in [-0.15, -0.1) is 0 Å². The molecule has 7 heteroatoms. The van der Waals surface area contributed by atoms with Crippen molar-refractivity contribution in [1.82, 2.24) is 5.32 Å². The number of amides is 1. The molecule has 1 rings (SSSR count). The summed E-state index contributed by atoms with van der Waals surface area (Å²) in [6.07, 6.45) is 1.13. The number of anilines is 2. The van der Waals surface area contributed by atoms with Crippen molar-refractivity contribution in [2.75, 3.05) is 43.3 Å². The number of hydrogen-bond donors (Lipinski definition) is 2. The van der Waals surface area contributed by atoms with E-state index in [0.29, 0.717) is 11.3 Å². The van der Waals surface area contributed by atoms with Gasteiger partial charge >= 0.3 is 0 Å². The first-order valence-electron chi connectivity index (χ1n) is 5.73. The van der Waals surface area contributed by atoms with E-state index in [9.17, 15) is 13.2 Å². The van der Waals surface area contributed by atoms with Crippen LogP contribution in [0.5, 0.6) is 0 Å². The summed E-state index contributed by atoms with van der Waals surface area (Å²) in [5.74, 6) is -0.412. The predicted molar refractivity (Wildman–Crippen MR) is 77.2 cm³/mol. The Bertz CT molecular complexity index is 568. The summed E-state index contributed by atoms with van der Waals surface area (Å²) in [6.45, 7) is 0.0903. The summed E-state index contributed by atoms with van der Waals surface area (Å²) in [4.78, 5) is 13.6. The van der Waals surface area contributed by atoms with Gasteiger partial charge in [-0.1, -0.05) is 0 Å². The molecule has 0 saturated carbocycles. The number of carbonyl (C=O) groups is 1. The first-order valence-corrected chi connectivity index (χ1v) is 7.79. The van der Waals surface area contributed by atoms with Gasteiger partial charge in [0, 0.05) is 32.5 Å². The van der Waals surface area contributed by atoms with Crippen LogP contribution < -0.4 is 16.0 Å². The highest BCUT2D eigenvalue weighted by atomic mass is 32.2. The molecule has 1 aromatic rings. The van der Waals surface area contributed by atoms with Crippen LogP contribution in [-0.2, 0) is 9.84 Å². The number of hydrogen-bond acceptors (Lipinski definition) is 5. The highest BCUT2D eigenvalue weighted by molar-refractivity contribution is 7.90. The molecule has 0 saturated heterocycles. The fraction of sp³-hybridized carbons (Fsp3) is 0.417. The quantitative estimate of drug-likeness (QED) is 0.749. The molecular weight excluding hydrogens is 266 g/mol. The fourth-order valence-corrected chi connectivity index (χ4v) is 2.03. The Morgan fingerprint density at radius 2 is 2.00 bits per heavy atom. The maximum atomic E-state index is 11.8. The van der Waals surface area contributed by atoms with E-state index < -0.39 is 9.84 Å². The molecule has 3 N–H and O–H groups in total. The number of nitrogens with one attached hydrogen (secondary N) is 1. The Balaban J connectivity index is 2.71. The number of nitrogen functional groups attached to an aromatic ring is 1. The number of benzene rings is 1. The third kappa shape index (κ3) is 4.78. The van der Waals surface area contributed by atoms with E-state index in [0.717, 1.165) is 11.9 Å². The minimum absolute atomic E-state index is 0.0794. The summed E-state index contributed by atoms with van der Waals surface area (Å²) in [5.41, 5.74) is 7.58. The minimum atomic E-state index is -3.07.